The molecule has 1 fully saturated rings. The summed E-state index contributed by atoms with van der Waals surface area (Å²) in [5.74, 6) is -17.1. The second-order valence-electron chi connectivity index (χ2n) is 34.1. The van der Waals surface area contributed by atoms with Crippen LogP contribution >= 0.6 is 12.2 Å². The van der Waals surface area contributed by atoms with Crippen molar-refractivity contribution >= 4 is 129 Å². The average molecular weight is 1850 g/mol. The first-order valence-corrected chi connectivity index (χ1v) is 44.0. The number of rotatable bonds is 39. The molecule has 41 nitrogen and oxygen atoms in total. The normalized spacial score (nSPS) is 19.1. The van der Waals surface area contributed by atoms with E-state index in [1.54, 1.807) is 88.5 Å². The zero-order valence-corrected chi connectivity index (χ0v) is 75.0. The van der Waals surface area contributed by atoms with E-state index in [1.807, 2.05) is 0 Å². The molecule has 23 N–H and O–H groups in total. The number of aromatic nitrogens is 1. The molecule has 712 valence electrons. The first-order chi connectivity index (χ1) is 62.1. The van der Waals surface area contributed by atoms with Crippen LogP contribution in [0.5, 0.6) is 23.0 Å². The third-order valence-electron chi connectivity index (χ3n) is 22.4. The topological polar surface area (TPSA) is 635 Å². The lowest BCUT2D eigenvalue weighted by Crippen LogP contribution is -2.65. The fourth-order valence-electron chi connectivity index (χ4n) is 15.4. The van der Waals surface area contributed by atoms with Crippen molar-refractivity contribution in [1.82, 2.24) is 68.8 Å². The van der Waals surface area contributed by atoms with Gasteiger partial charge in [-0.25, -0.2) is 4.79 Å². The summed E-state index contributed by atoms with van der Waals surface area (Å²) in [6, 6.07) is 7.92. The van der Waals surface area contributed by atoms with Crippen molar-refractivity contribution in [2.24, 2.45) is 23.3 Å². The van der Waals surface area contributed by atoms with Gasteiger partial charge in [-0.2, -0.15) is 0 Å². The number of fused-ring (bicyclic) bond motifs is 7. The lowest BCUT2D eigenvalue weighted by atomic mass is 9.77. The molecule has 42 heteroatoms. The number of esters is 1. The third-order valence-corrected chi connectivity index (χ3v) is 22.6. The Labute approximate surface area is 761 Å². The predicted molar refractivity (Wildman–Crippen MR) is 477 cm³/mol. The number of aliphatic hydroxyl groups excluding tert-OH is 1. The molecular weight excluding hydrogens is 1730 g/mol. The van der Waals surface area contributed by atoms with Crippen LogP contribution in [0.25, 0.3) is 10.9 Å². The maximum atomic E-state index is 15.2. The molecule has 1 saturated heterocycles. The summed E-state index contributed by atoms with van der Waals surface area (Å²) < 4.78 is 23.4. The number of aliphatic hydroxyl groups is 1. The van der Waals surface area contributed by atoms with Gasteiger partial charge in [-0.3, -0.25) is 71.9 Å². The highest BCUT2D eigenvalue weighted by Crippen LogP contribution is 2.57. The number of nitrogens with two attached hydrogens (primary N) is 2. The van der Waals surface area contributed by atoms with Gasteiger partial charge < -0.3 is 130 Å². The number of H-pyrrole nitrogens is 1. The van der Waals surface area contributed by atoms with E-state index in [1.165, 1.54) is 45.0 Å². The molecule has 0 aliphatic carbocycles. The number of ether oxygens (including phenoxy) is 4. The van der Waals surface area contributed by atoms with Gasteiger partial charge in [-0.15, -0.1) is 0 Å². The molecule has 3 aliphatic rings. The van der Waals surface area contributed by atoms with E-state index in [9.17, 15) is 87.9 Å². The first kappa shape index (κ1) is 103. The molecule has 5 aromatic rings. The largest absolute Gasteiger partial charge is 0.508 e. The Morgan fingerprint density at radius 2 is 1.18 bits per heavy atom. The number of hydrogen-bond acceptors (Lipinski definition) is 24. The van der Waals surface area contributed by atoms with Crippen molar-refractivity contribution in [1.29, 1.82) is 0 Å². The van der Waals surface area contributed by atoms with E-state index in [-0.39, 0.29) is 117 Å². The number of aromatic hydroxyl groups is 2. The molecule has 10 atom stereocenters. The Hall–Kier alpha value is -13.1. The number of amides is 13. The van der Waals surface area contributed by atoms with Gasteiger partial charge in [0.15, 0.2) is 10.7 Å². The van der Waals surface area contributed by atoms with E-state index in [0.29, 0.717) is 70.9 Å². The summed E-state index contributed by atoms with van der Waals surface area (Å²) in [7, 11) is 0. The van der Waals surface area contributed by atoms with E-state index in [2.05, 4.69) is 74.1 Å². The van der Waals surface area contributed by atoms with Crippen LogP contribution < -0.4 is 85.3 Å². The highest BCUT2D eigenvalue weighted by Gasteiger charge is 2.54. The Morgan fingerprint density at radius 3 is 1.79 bits per heavy atom. The molecule has 0 unspecified atom stereocenters. The van der Waals surface area contributed by atoms with Crippen molar-refractivity contribution in [2.75, 3.05) is 51.4 Å². The fourth-order valence-corrected chi connectivity index (χ4v) is 15.7. The summed E-state index contributed by atoms with van der Waals surface area (Å²) in [5, 5.41) is 85.0. The number of aliphatic carboxylic acids is 2. The highest BCUT2D eigenvalue weighted by atomic mass is 32.1. The summed E-state index contributed by atoms with van der Waals surface area (Å²) in [5.41, 5.74) is 8.48. The number of nitrogens with one attached hydrogen (secondary N) is 14. The van der Waals surface area contributed by atoms with Gasteiger partial charge >= 0.3 is 17.9 Å². The van der Waals surface area contributed by atoms with Gasteiger partial charge in [0.1, 0.15) is 89.0 Å². The molecular formula is C89H120N16O25S. The lowest BCUT2D eigenvalue weighted by molar-refractivity contribution is -0.143. The van der Waals surface area contributed by atoms with Crippen molar-refractivity contribution < 1.29 is 121 Å². The Morgan fingerprint density at radius 1 is 0.595 bits per heavy atom. The molecule has 3 aliphatic heterocycles. The number of thiocarbonyl (C=S) groups is 1. The minimum atomic E-state index is -2.03. The summed E-state index contributed by atoms with van der Waals surface area (Å²) >= 11 is 5.52. The number of primary amides is 2. The van der Waals surface area contributed by atoms with Gasteiger partial charge in [-0.1, -0.05) is 116 Å². The zero-order chi connectivity index (χ0) is 96.0. The van der Waals surface area contributed by atoms with Crippen LogP contribution in [0.15, 0.2) is 85.1 Å². The number of carbonyl (C=O) groups is 16. The molecule has 131 heavy (non-hydrogen) atoms. The van der Waals surface area contributed by atoms with Crippen molar-refractivity contribution in [2.45, 2.75) is 235 Å². The van der Waals surface area contributed by atoms with Crippen molar-refractivity contribution in [3.05, 3.63) is 113 Å². The van der Waals surface area contributed by atoms with E-state index >= 15 is 14.4 Å². The summed E-state index contributed by atoms with van der Waals surface area (Å²) in [6.07, 6.45) is 4.20. The number of para-hydroxylation sites is 1. The van der Waals surface area contributed by atoms with Gasteiger partial charge in [0.25, 0.3) is 0 Å². The van der Waals surface area contributed by atoms with E-state index in [0.717, 1.165) is 25.7 Å². The number of benzene rings is 4. The van der Waals surface area contributed by atoms with Crippen molar-refractivity contribution in [3.8, 4) is 23.0 Å². The number of carboxylic acid groups (broad SMARTS) is 2. The highest BCUT2D eigenvalue weighted by molar-refractivity contribution is 7.80. The van der Waals surface area contributed by atoms with Gasteiger partial charge in [0.2, 0.25) is 76.8 Å². The second-order valence-corrected chi connectivity index (χ2v) is 34.5. The average Bonchev–Trinajstić information content (AvgIpc) is 1.56. The second kappa shape index (κ2) is 48.5. The van der Waals surface area contributed by atoms with E-state index in [4.69, 9.17) is 42.6 Å². The molecule has 8 rings (SSSR count). The first-order valence-electron chi connectivity index (χ1n) is 43.6. The lowest BCUT2D eigenvalue weighted by Gasteiger charge is -2.36. The minimum Gasteiger partial charge on any atom is -0.508 e. The number of anilines is 1. The predicted octanol–water partition coefficient (Wildman–Crippen LogP) is 1.95. The number of carbonyl (C=O) groups excluding carboxylic acids is 14. The van der Waals surface area contributed by atoms with Crippen LogP contribution in [0, 0.1) is 11.8 Å². The van der Waals surface area contributed by atoms with Crippen LogP contribution in [0.2, 0.25) is 0 Å². The van der Waals surface area contributed by atoms with Gasteiger partial charge in [0.05, 0.1) is 51.4 Å². The molecule has 0 bridgehead atoms. The van der Waals surface area contributed by atoms with Crippen LogP contribution in [-0.4, -0.2) is 236 Å². The third kappa shape index (κ3) is 30.0. The number of hydrogen-bond donors (Lipinski definition) is 21. The monoisotopic (exact) mass is 1840 g/mol. The smallest absolute Gasteiger partial charge is 0.340 e. The number of carboxylic acids is 2. The molecule has 13 amide bonds. The van der Waals surface area contributed by atoms with Crippen LogP contribution in [-0.2, 0) is 98.2 Å². The zero-order valence-electron chi connectivity index (χ0n) is 74.2. The molecule has 4 aromatic carbocycles. The van der Waals surface area contributed by atoms with Gasteiger partial charge in [0, 0.05) is 71.0 Å². The molecule has 4 heterocycles. The standard InChI is InChI=1S/C89H120N16O25S/c1-48(2)36-62(78(119)95-50(5)76(117)101-67(46-106)75(91)116)98-81(122)65(42-73(112)113)99-79(120)63(37-49(3)4)102-85(126)88(7)31-19-15-13-11-9-8-10-12-14-18-30-87(6,84(125)103-64(38-51-44-93-60-21-17-16-20-55(51)60)80(121)100-66(43-74(114)115)82(123)105-88)104-71(110)45-94-77(118)61(28-29-70(90)109)97-72(111)47-128-35-34-127-33-32-92-86(131)96-52-22-25-57-56(39-52)83(124)130-89(57)58-26-23-53(107)40-68(58)129-69-41-54(108)24-27-59(69)89/h16-17,20-27,39-41,44,48-50,61-67,93,106-108H,8-15,18-19,28-38,42-43,45-47H2,1-7H3,(H2,90,109)(H2,91,116)(H,94,118)(H,95,119)(H,97,111)(H,98,122)(H,99,120)(H,100,121)(H,101,117)(H,102,126)(H,103,125)(H,104,110)(H,105,123)(H,112,113)(H,114,115)(H2,92,96,131)/t50-,61-,62-,63-,64-,65-,66-,67-,87-,88-/m0/s1. The number of phenols is 2. The maximum Gasteiger partial charge on any atom is 0.340 e. The fraction of sp³-hybridized carbons (Fsp3) is 0.517. The summed E-state index contributed by atoms with van der Waals surface area (Å²) in [6.45, 7) is 8.73. The Kier molecular flexibility index (Phi) is 38.3. The molecule has 0 saturated carbocycles. The molecule has 0 radical (unpaired) electrons. The van der Waals surface area contributed by atoms with Crippen LogP contribution in [0.3, 0.4) is 0 Å². The number of aromatic amines is 1. The van der Waals surface area contributed by atoms with E-state index < -0.39 is 198 Å². The van der Waals surface area contributed by atoms with Crippen LogP contribution in [0.4, 0.5) is 5.69 Å². The SMILES string of the molecule is CC(C)C[C@H](NC(=O)[C@H](CC(=O)O)NC(=O)[C@H](CC(C)C)NC(=O)[C@]1(C)CCCCCCCCCCCC[C@](C)(NC(=O)CNC(=O)[C@H](CCC(N)=O)NC(=O)COCCOCCNC(=S)Nc2ccc3c(c2)C(=O)OC32c3ccc(O)cc3Oc3cc(O)ccc32)C(=O)N[C@@H](Cc2c[nH]c3ccccc23)C(=O)N[C@@H](CC(=O)O)C(=O)N1)C(=O)N[C@@H](C)C(=O)N[C@@H](CO)C(N)=O. The minimum absolute atomic E-state index is 0.00259. The Balaban J connectivity index is 0.903. The molecule has 1 aromatic heterocycles. The van der Waals surface area contributed by atoms with Crippen molar-refractivity contribution in [3.63, 3.8) is 0 Å². The van der Waals surface area contributed by atoms with Crippen LogP contribution in [0.1, 0.15) is 197 Å². The Bertz CT molecular complexity index is 4960. The van der Waals surface area contributed by atoms with Gasteiger partial charge in [-0.05, 0) is 125 Å². The maximum absolute atomic E-state index is 15.2. The number of phenolic OH excluding ortho intramolecular Hbond substituents is 2. The summed E-state index contributed by atoms with van der Waals surface area (Å²) in [4.78, 5) is 223. The quantitative estimate of drug-likeness (QED) is 0.0152. The molecule has 1 spiro atoms.